The topological polar surface area (TPSA) is 89.6 Å². The summed E-state index contributed by atoms with van der Waals surface area (Å²) in [6.45, 7) is 3.61. The molecule has 27 heavy (non-hydrogen) atoms. The highest BCUT2D eigenvalue weighted by Gasteiger charge is 2.17. The van der Waals surface area contributed by atoms with Crippen LogP contribution in [0.5, 0.6) is 0 Å². The summed E-state index contributed by atoms with van der Waals surface area (Å²) in [4.78, 5) is 28.1. The van der Waals surface area contributed by atoms with Gasteiger partial charge in [-0.2, -0.15) is 0 Å². The lowest BCUT2D eigenvalue weighted by Crippen LogP contribution is -2.10. The van der Waals surface area contributed by atoms with Gasteiger partial charge in [0.2, 0.25) is 5.89 Å². The number of H-pyrrole nitrogens is 1. The van der Waals surface area contributed by atoms with Crippen molar-refractivity contribution in [1.82, 2.24) is 24.5 Å². The fraction of sp³-hybridized carbons (Fsp3) is 0.222. The summed E-state index contributed by atoms with van der Waals surface area (Å²) in [5, 5.41) is 1.28. The summed E-state index contributed by atoms with van der Waals surface area (Å²) in [6.07, 6.45) is 0. The quantitative estimate of drug-likeness (QED) is 0.522. The SMILES string of the molecule is Cc1nc2c(nc(SCc3nc(-c4ccccc4Cl)oc3C)n2C)c(=O)[nH]1. The van der Waals surface area contributed by atoms with Crippen LogP contribution < -0.4 is 5.56 Å². The monoisotopic (exact) mass is 401 g/mol. The molecule has 3 heterocycles. The van der Waals surface area contributed by atoms with Gasteiger partial charge in [0.05, 0.1) is 16.3 Å². The summed E-state index contributed by atoms with van der Waals surface area (Å²) >= 11 is 7.70. The highest BCUT2D eigenvalue weighted by Crippen LogP contribution is 2.31. The Labute approximate surface area is 163 Å². The summed E-state index contributed by atoms with van der Waals surface area (Å²) in [7, 11) is 1.84. The van der Waals surface area contributed by atoms with E-state index in [1.165, 1.54) is 11.8 Å². The molecule has 9 heteroatoms. The van der Waals surface area contributed by atoms with E-state index in [0.717, 1.165) is 17.0 Å². The summed E-state index contributed by atoms with van der Waals surface area (Å²) in [6, 6.07) is 7.43. The third kappa shape index (κ3) is 3.26. The van der Waals surface area contributed by atoms with Crippen molar-refractivity contribution in [3.63, 3.8) is 0 Å². The van der Waals surface area contributed by atoms with Crippen LogP contribution in [0.4, 0.5) is 0 Å². The molecular formula is C18H16ClN5O2S. The molecule has 0 aliphatic carbocycles. The minimum Gasteiger partial charge on any atom is -0.441 e. The molecule has 1 aromatic carbocycles. The number of hydrogen-bond donors (Lipinski definition) is 1. The van der Waals surface area contributed by atoms with Gasteiger partial charge in [-0.05, 0) is 26.0 Å². The maximum Gasteiger partial charge on any atom is 0.279 e. The Morgan fingerprint density at radius 1 is 1.22 bits per heavy atom. The molecule has 0 fully saturated rings. The van der Waals surface area contributed by atoms with Gasteiger partial charge in [0.15, 0.2) is 16.3 Å². The third-order valence-electron chi connectivity index (χ3n) is 4.14. The van der Waals surface area contributed by atoms with Crippen LogP contribution >= 0.6 is 23.4 Å². The van der Waals surface area contributed by atoms with Gasteiger partial charge in [0.1, 0.15) is 11.6 Å². The average molecular weight is 402 g/mol. The number of hydrogen-bond acceptors (Lipinski definition) is 6. The first-order valence-corrected chi connectivity index (χ1v) is 9.57. The standard InChI is InChI=1S/C18H16ClN5O2S/c1-9-13(22-17(26-9)11-6-4-5-7-12(11)19)8-27-18-23-14-15(24(18)3)20-10(2)21-16(14)25/h4-7H,8H2,1-3H3,(H,20,21,25). The molecule has 0 saturated carbocycles. The molecule has 0 aliphatic rings. The second-order valence-electron chi connectivity index (χ2n) is 6.07. The number of aromatic nitrogens is 5. The van der Waals surface area contributed by atoms with Crippen molar-refractivity contribution < 1.29 is 4.42 Å². The maximum atomic E-state index is 12.1. The van der Waals surface area contributed by atoms with Gasteiger partial charge in [0.25, 0.3) is 5.56 Å². The van der Waals surface area contributed by atoms with Crippen molar-refractivity contribution in [1.29, 1.82) is 0 Å². The molecule has 7 nitrogen and oxygen atoms in total. The van der Waals surface area contributed by atoms with E-state index < -0.39 is 0 Å². The van der Waals surface area contributed by atoms with Gasteiger partial charge < -0.3 is 14.0 Å². The average Bonchev–Trinajstić information content (AvgIpc) is 3.14. The number of aryl methyl sites for hydroxylation is 3. The Morgan fingerprint density at radius 3 is 2.78 bits per heavy atom. The van der Waals surface area contributed by atoms with E-state index in [0.29, 0.717) is 38.8 Å². The molecule has 3 aromatic heterocycles. The number of halogens is 1. The second kappa shape index (κ2) is 6.86. The van der Waals surface area contributed by atoms with Gasteiger partial charge in [-0.3, -0.25) is 4.79 Å². The molecular weight excluding hydrogens is 386 g/mol. The molecule has 0 spiro atoms. The molecule has 138 valence electrons. The van der Waals surface area contributed by atoms with Crippen LogP contribution in [-0.4, -0.2) is 24.5 Å². The van der Waals surface area contributed by atoms with Crippen LogP contribution in [0.25, 0.3) is 22.6 Å². The zero-order chi connectivity index (χ0) is 19.1. The largest absolute Gasteiger partial charge is 0.441 e. The van der Waals surface area contributed by atoms with Crippen LogP contribution in [0.3, 0.4) is 0 Å². The van der Waals surface area contributed by atoms with E-state index in [4.69, 9.17) is 16.0 Å². The van der Waals surface area contributed by atoms with Gasteiger partial charge in [0, 0.05) is 12.8 Å². The predicted octanol–water partition coefficient (Wildman–Crippen LogP) is 3.87. The van der Waals surface area contributed by atoms with Gasteiger partial charge in [-0.1, -0.05) is 35.5 Å². The lowest BCUT2D eigenvalue weighted by Gasteiger charge is -2.00. The van der Waals surface area contributed by atoms with E-state index in [-0.39, 0.29) is 5.56 Å². The van der Waals surface area contributed by atoms with E-state index in [1.54, 1.807) is 13.0 Å². The molecule has 0 radical (unpaired) electrons. The predicted molar refractivity (Wildman–Crippen MR) is 105 cm³/mol. The van der Waals surface area contributed by atoms with Crippen LogP contribution in [0.15, 0.2) is 38.6 Å². The number of thioether (sulfide) groups is 1. The normalized spacial score (nSPS) is 11.4. The number of nitrogens with zero attached hydrogens (tertiary/aromatic N) is 4. The van der Waals surface area contributed by atoms with Crippen LogP contribution in [-0.2, 0) is 12.8 Å². The van der Waals surface area contributed by atoms with Gasteiger partial charge in [-0.15, -0.1) is 0 Å². The van der Waals surface area contributed by atoms with E-state index in [1.807, 2.05) is 36.7 Å². The van der Waals surface area contributed by atoms with E-state index >= 15 is 0 Å². The van der Waals surface area contributed by atoms with Crippen molar-refractivity contribution in [2.24, 2.45) is 7.05 Å². The third-order valence-corrected chi connectivity index (χ3v) is 5.51. The van der Waals surface area contributed by atoms with Crippen LogP contribution in [0.1, 0.15) is 17.3 Å². The number of nitrogens with one attached hydrogen (secondary N) is 1. The van der Waals surface area contributed by atoms with Crippen molar-refractivity contribution in [3.05, 3.63) is 56.9 Å². The van der Waals surface area contributed by atoms with Crippen LogP contribution in [0.2, 0.25) is 5.02 Å². The molecule has 0 amide bonds. The Morgan fingerprint density at radius 2 is 2.00 bits per heavy atom. The first kappa shape index (κ1) is 17.8. The molecule has 4 rings (SSSR count). The lowest BCUT2D eigenvalue weighted by molar-refractivity contribution is 0.540. The van der Waals surface area contributed by atoms with Crippen molar-refractivity contribution in [2.75, 3.05) is 0 Å². The minimum atomic E-state index is -0.237. The van der Waals surface area contributed by atoms with Crippen molar-refractivity contribution in [2.45, 2.75) is 24.8 Å². The number of imidazole rings is 1. The maximum absolute atomic E-state index is 12.1. The zero-order valence-corrected chi connectivity index (χ0v) is 16.5. The second-order valence-corrected chi connectivity index (χ2v) is 7.42. The van der Waals surface area contributed by atoms with Crippen LogP contribution in [0, 0.1) is 13.8 Å². The molecule has 1 N–H and O–H groups in total. The number of aromatic amines is 1. The summed E-state index contributed by atoms with van der Waals surface area (Å²) in [5.41, 5.74) is 2.22. The number of rotatable bonds is 4. The zero-order valence-electron chi connectivity index (χ0n) is 14.9. The summed E-state index contributed by atoms with van der Waals surface area (Å²) < 4.78 is 7.60. The molecule has 0 aliphatic heterocycles. The smallest absolute Gasteiger partial charge is 0.279 e. The Balaban J connectivity index is 1.62. The van der Waals surface area contributed by atoms with E-state index in [9.17, 15) is 4.79 Å². The highest BCUT2D eigenvalue weighted by atomic mass is 35.5. The van der Waals surface area contributed by atoms with E-state index in [2.05, 4.69) is 19.9 Å². The molecule has 0 bridgehead atoms. The summed E-state index contributed by atoms with van der Waals surface area (Å²) in [5.74, 6) is 2.33. The number of fused-ring (bicyclic) bond motifs is 1. The Hall–Kier alpha value is -2.58. The highest BCUT2D eigenvalue weighted by molar-refractivity contribution is 7.98. The van der Waals surface area contributed by atoms with Gasteiger partial charge >= 0.3 is 0 Å². The minimum absolute atomic E-state index is 0.237. The first-order valence-electron chi connectivity index (χ1n) is 8.21. The molecule has 0 atom stereocenters. The van der Waals surface area contributed by atoms with Crippen molar-refractivity contribution in [3.8, 4) is 11.5 Å². The molecule has 0 unspecified atom stereocenters. The molecule has 0 saturated heterocycles. The molecule has 4 aromatic rings. The lowest BCUT2D eigenvalue weighted by atomic mass is 10.2. The number of benzene rings is 1. The first-order chi connectivity index (χ1) is 12.9. The Bertz CT molecular complexity index is 1210. The number of oxazole rings is 1. The van der Waals surface area contributed by atoms with Crippen molar-refractivity contribution >= 4 is 34.5 Å². The fourth-order valence-electron chi connectivity index (χ4n) is 2.73. The Kier molecular flexibility index (Phi) is 4.53. The van der Waals surface area contributed by atoms with Gasteiger partial charge in [-0.25, -0.2) is 15.0 Å². The fourth-order valence-corrected chi connectivity index (χ4v) is 3.92.